The summed E-state index contributed by atoms with van der Waals surface area (Å²) in [4.78, 5) is 41.0. The van der Waals surface area contributed by atoms with Gasteiger partial charge in [0, 0.05) is 35.1 Å². The molecule has 8 nitrogen and oxygen atoms in total. The van der Waals surface area contributed by atoms with Crippen molar-refractivity contribution in [3.63, 3.8) is 0 Å². The van der Waals surface area contributed by atoms with Crippen molar-refractivity contribution in [1.82, 2.24) is 19.9 Å². The Morgan fingerprint density at radius 1 is 1.06 bits per heavy atom. The van der Waals surface area contributed by atoms with Crippen molar-refractivity contribution in [3.05, 3.63) is 99.1 Å². The van der Waals surface area contributed by atoms with Gasteiger partial charge in [-0.05, 0) is 37.6 Å². The summed E-state index contributed by atoms with van der Waals surface area (Å²) >= 11 is 0. The first-order valence-electron chi connectivity index (χ1n) is 10.1. The van der Waals surface area contributed by atoms with Gasteiger partial charge in [-0.3, -0.25) is 19.5 Å². The number of hydrogen-bond donors (Lipinski definition) is 2. The number of benzene rings is 2. The fourth-order valence-corrected chi connectivity index (χ4v) is 3.50. The second-order valence-corrected chi connectivity index (χ2v) is 7.42. The van der Waals surface area contributed by atoms with Crippen molar-refractivity contribution in [2.45, 2.75) is 26.8 Å². The largest absolute Gasteiger partial charge is 0.426 e. The number of carbonyl (C=O) groups excluding carboxylic acids is 2. The Morgan fingerprint density at radius 3 is 2.62 bits per heavy atom. The minimum Gasteiger partial charge on any atom is -0.426 e. The van der Waals surface area contributed by atoms with Crippen molar-refractivity contribution in [2.75, 3.05) is 0 Å². The molecule has 8 heteroatoms. The number of esters is 1. The molecule has 0 aliphatic carbocycles. The number of nitrogens with one attached hydrogen (secondary N) is 2. The number of amides is 1. The van der Waals surface area contributed by atoms with Crippen LogP contribution in [0.15, 0.2) is 65.5 Å². The van der Waals surface area contributed by atoms with Crippen molar-refractivity contribution < 1.29 is 14.3 Å². The van der Waals surface area contributed by atoms with E-state index >= 15 is 0 Å². The topological polar surface area (TPSA) is 106 Å². The molecule has 32 heavy (non-hydrogen) atoms. The van der Waals surface area contributed by atoms with Crippen molar-refractivity contribution in [1.29, 1.82) is 0 Å². The average Bonchev–Trinajstić information content (AvgIpc) is 3.16. The number of nitrogens with zero attached hydrogens (tertiary/aromatic N) is 2. The molecule has 162 valence electrons. The molecule has 4 rings (SSSR count). The van der Waals surface area contributed by atoms with E-state index in [1.807, 2.05) is 30.3 Å². The van der Waals surface area contributed by atoms with Crippen LogP contribution in [0.5, 0.6) is 5.75 Å². The van der Waals surface area contributed by atoms with Gasteiger partial charge in [0.05, 0.1) is 6.42 Å². The Hall–Kier alpha value is -4.20. The summed E-state index contributed by atoms with van der Waals surface area (Å²) in [6.07, 6.45) is -0.0226. The molecule has 0 bridgehead atoms. The van der Waals surface area contributed by atoms with E-state index in [0.717, 1.165) is 5.56 Å². The van der Waals surface area contributed by atoms with Crippen LogP contribution < -0.4 is 15.6 Å². The number of fused-ring (bicyclic) bond motifs is 1. The molecule has 0 aliphatic rings. The molecular weight excluding hydrogens is 408 g/mol. The van der Waals surface area contributed by atoms with E-state index in [2.05, 4.69) is 15.4 Å². The number of aryl methyl sites for hydroxylation is 2. The standard InChI is InChI=1S/C24H22N4O4/c1-15-20(16(2)28-21(26-15)13-22(29)27-28)12-23(30)32-19-10-6-9-18(11-19)24(31)25-14-17-7-4-3-5-8-17/h3-11,13H,12,14H2,1-2H3,(H,25,31)(H,27,29). The molecule has 2 aromatic carbocycles. The summed E-state index contributed by atoms with van der Waals surface area (Å²) in [6, 6.07) is 17.5. The molecule has 2 heterocycles. The molecule has 0 spiro atoms. The maximum atomic E-state index is 12.6. The van der Waals surface area contributed by atoms with Crippen LogP contribution in [-0.2, 0) is 17.8 Å². The maximum Gasteiger partial charge on any atom is 0.315 e. The number of aromatic nitrogens is 3. The van der Waals surface area contributed by atoms with Gasteiger partial charge in [-0.1, -0.05) is 36.4 Å². The van der Waals surface area contributed by atoms with Gasteiger partial charge < -0.3 is 10.1 Å². The van der Waals surface area contributed by atoms with Gasteiger partial charge in [-0.25, -0.2) is 9.50 Å². The van der Waals surface area contributed by atoms with Crippen molar-refractivity contribution >= 4 is 17.5 Å². The molecule has 0 saturated heterocycles. The zero-order valence-electron chi connectivity index (χ0n) is 17.7. The third-order valence-electron chi connectivity index (χ3n) is 5.15. The third-order valence-corrected chi connectivity index (χ3v) is 5.15. The molecule has 2 N–H and O–H groups in total. The van der Waals surface area contributed by atoms with Crippen LogP contribution in [0, 0.1) is 13.8 Å². The molecule has 0 atom stereocenters. The minimum atomic E-state index is -0.492. The molecule has 0 fully saturated rings. The normalized spacial score (nSPS) is 10.8. The van der Waals surface area contributed by atoms with Gasteiger partial charge >= 0.3 is 5.97 Å². The molecule has 0 saturated carbocycles. The number of aromatic amines is 1. The SMILES string of the molecule is Cc1nc2cc(=O)[nH]n2c(C)c1CC(=O)Oc1cccc(C(=O)NCc2ccccc2)c1. The molecule has 4 aromatic rings. The van der Waals surface area contributed by atoms with Crippen LogP contribution in [0.25, 0.3) is 5.65 Å². The van der Waals surface area contributed by atoms with E-state index < -0.39 is 5.97 Å². The highest BCUT2D eigenvalue weighted by Crippen LogP contribution is 2.17. The highest BCUT2D eigenvalue weighted by molar-refractivity contribution is 5.94. The third kappa shape index (κ3) is 4.59. The summed E-state index contributed by atoms with van der Waals surface area (Å²) < 4.78 is 7.02. The van der Waals surface area contributed by atoms with E-state index in [1.54, 1.807) is 36.6 Å². The van der Waals surface area contributed by atoms with Crippen molar-refractivity contribution in [2.24, 2.45) is 0 Å². The van der Waals surface area contributed by atoms with E-state index in [9.17, 15) is 14.4 Å². The maximum absolute atomic E-state index is 12.6. The van der Waals surface area contributed by atoms with Crippen LogP contribution in [0.1, 0.15) is 32.9 Å². The monoisotopic (exact) mass is 430 g/mol. The lowest BCUT2D eigenvalue weighted by Crippen LogP contribution is -2.23. The molecule has 2 aromatic heterocycles. The first-order chi connectivity index (χ1) is 15.4. The Morgan fingerprint density at radius 2 is 1.84 bits per heavy atom. The van der Waals surface area contributed by atoms with Crippen LogP contribution in [0.2, 0.25) is 0 Å². The molecular formula is C24H22N4O4. The molecule has 1 amide bonds. The predicted molar refractivity (Wildman–Crippen MR) is 119 cm³/mol. The van der Waals surface area contributed by atoms with Gasteiger partial charge in [0.2, 0.25) is 0 Å². The summed E-state index contributed by atoms with van der Waals surface area (Å²) in [7, 11) is 0. The summed E-state index contributed by atoms with van der Waals surface area (Å²) in [5, 5.41) is 5.51. The fourth-order valence-electron chi connectivity index (χ4n) is 3.50. The quantitative estimate of drug-likeness (QED) is 0.361. The highest BCUT2D eigenvalue weighted by atomic mass is 16.5. The lowest BCUT2D eigenvalue weighted by molar-refractivity contribution is -0.133. The zero-order valence-corrected chi connectivity index (χ0v) is 17.7. The molecule has 0 radical (unpaired) electrons. The summed E-state index contributed by atoms with van der Waals surface area (Å²) in [5.41, 5.74) is 3.65. The lowest BCUT2D eigenvalue weighted by atomic mass is 10.1. The van der Waals surface area contributed by atoms with Gasteiger partial charge in [-0.15, -0.1) is 0 Å². The van der Waals surface area contributed by atoms with Crippen molar-refractivity contribution in [3.8, 4) is 5.75 Å². The average molecular weight is 430 g/mol. The van der Waals surface area contributed by atoms with E-state index in [1.165, 1.54) is 12.1 Å². The zero-order chi connectivity index (χ0) is 22.7. The Labute approximate surface area is 183 Å². The second kappa shape index (κ2) is 8.89. The Balaban J connectivity index is 1.44. The van der Waals surface area contributed by atoms with Crippen LogP contribution in [-0.4, -0.2) is 26.5 Å². The number of hydrogen-bond acceptors (Lipinski definition) is 5. The number of ether oxygens (including phenoxy) is 1. The first-order valence-corrected chi connectivity index (χ1v) is 10.1. The van der Waals surface area contributed by atoms with Gasteiger partial charge in [-0.2, -0.15) is 0 Å². The molecule has 0 aliphatic heterocycles. The molecule has 0 unspecified atom stereocenters. The van der Waals surface area contributed by atoms with E-state index in [4.69, 9.17) is 4.74 Å². The fraction of sp³-hybridized carbons (Fsp3) is 0.167. The highest BCUT2D eigenvalue weighted by Gasteiger charge is 2.16. The van der Waals surface area contributed by atoms with Gasteiger partial charge in [0.25, 0.3) is 11.5 Å². The smallest absolute Gasteiger partial charge is 0.315 e. The summed E-state index contributed by atoms with van der Waals surface area (Å²) in [6.45, 7) is 3.99. The second-order valence-electron chi connectivity index (χ2n) is 7.42. The van der Waals surface area contributed by atoms with E-state index in [0.29, 0.717) is 34.7 Å². The summed E-state index contributed by atoms with van der Waals surface area (Å²) in [5.74, 6) is -0.473. The number of H-pyrrole nitrogens is 1. The minimum absolute atomic E-state index is 0.0226. The number of rotatable bonds is 6. The van der Waals surface area contributed by atoms with Crippen LogP contribution in [0.3, 0.4) is 0 Å². The van der Waals surface area contributed by atoms with Crippen LogP contribution >= 0.6 is 0 Å². The Bertz CT molecular complexity index is 1360. The lowest BCUT2D eigenvalue weighted by Gasteiger charge is -2.12. The predicted octanol–water partition coefficient (Wildman–Crippen LogP) is 2.72. The number of carbonyl (C=O) groups is 2. The van der Waals surface area contributed by atoms with Gasteiger partial charge in [0.15, 0.2) is 5.65 Å². The Kier molecular flexibility index (Phi) is 5.85. The first kappa shape index (κ1) is 21.0. The van der Waals surface area contributed by atoms with E-state index in [-0.39, 0.29) is 23.6 Å². The van der Waals surface area contributed by atoms with Gasteiger partial charge in [0.1, 0.15) is 5.75 Å². The van der Waals surface area contributed by atoms with Crippen LogP contribution in [0.4, 0.5) is 0 Å².